The molecular formula is C7H8N2O3S. The summed E-state index contributed by atoms with van der Waals surface area (Å²) in [6, 6.07) is 5.62. The second-order valence-electron chi connectivity index (χ2n) is 2.38. The monoisotopic (exact) mass is 200 g/mol. The normalized spacial score (nSPS) is 12.1. The third kappa shape index (κ3) is 2.53. The molecule has 0 saturated heterocycles. The van der Waals surface area contributed by atoms with Crippen LogP contribution in [0.25, 0.3) is 0 Å². The Hall–Kier alpha value is -1.40. The van der Waals surface area contributed by atoms with Crippen LogP contribution >= 0.6 is 0 Å². The Labute approximate surface area is 75.5 Å². The Bertz CT molecular complexity index is 408. The van der Waals surface area contributed by atoms with E-state index in [-0.39, 0.29) is 4.90 Å². The lowest BCUT2D eigenvalue weighted by atomic mass is 10.2. The molecule has 1 rings (SSSR count). The minimum Gasteiger partial charge on any atom is -0.625 e. The zero-order valence-corrected chi connectivity index (χ0v) is 7.41. The highest BCUT2D eigenvalue weighted by molar-refractivity contribution is 7.89. The number of nitrogens with two attached hydrogens (primary N) is 1. The van der Waals surface area contributed by atoms with Crippen molar-refractivity contribution in [1.82, 2.24) is 0 Å². The molecule has 0 aliphatic rings. The fraction of sp³-hybridized carbons (Fsp3) is 0. The van der Waals surface area contributed by atoms with Crippen LogP contribution in [0.3, 0.4) is 0 Å². The van der Waals surface area contributed by atoms with Crippen molar-refractivity contribution in [2.24, 2.45) is 5.14 Å². The molecule has 0 fully saturated rings. The Balaban J connectivity index is 3.08. The summed E-state index contributed by atoms with van der Waals surface area (Å²) in [6.07, 6.45) is 1.20. The minimum absolute atomic E-state index is 0.0237. The minimum atomic E-state index is -3.65. The van der Waals surface area contributed by atoms with E-state index in [1.165, 1.54) is 30.5 Å². The summed E-state index contributed by atoms with van der Waals surface area (Å²) in [4.78, 5) is 0.0237. The van der Waals surface area contributed by atoms with E-state index in [4.69, 9.17) is 5.14 Å². The first kappa shape index (κ1) is 9.69. The van der Waals surface area contributed by atoms with E-state index in [1.54, 1.807) is 5.16 Å². The first-order chi connectivity index (χ1) is 6.04. The molecule has 0 radical (unpaired) electrons. The molecule has 0 aliphatic heterocycles. The number of hydrogen-bond donors (Lipinski definition) is 2. The Kier molecular flexibility index (Phi) is 2.64. The second kappa shape index (κ2) is 3.55. The highest BCUT2D eigenvalue weighted by atomic mass is 32.2. The van der Waals surface area contributed by atoms with Crippen LogP contribution in [0.15, 0.2) is 29.2 Å². The number of hydrogen-bond acceptors (Lipinski definition) is 3. The SMILES string of the molecule is NS(=O)(=O)c1ccc(C=[NH+][O-])cc1. The quantitative estimate of drug-likeness (QED) is 0.339. The molecule has 0 heterocycles. The molecule has 0 atom stereocenters. The maximum atomic E-state index is 10.8. The molecule has 70 valence electrons. The predicted molar refractivity (Wildman–Crippen MR) is 47.3 cm³/mol. The van der Waals surface area contributed by atoms with Gasteiger partial charge in [0.05, 0.1) is 4.90 Å². The fourth-order valence-electron chi connectivity index (χ4n) is 0.822. The highest BCUT2D eigenvalue weighted by Gasteiger charge is 2.05. The van der Waals surface area contributed by atoms with Gasteiger partial charge in [0.25, 0.3) is 0 Å². The van der Waals surface area contributed by atoms with Crippen LogP contribution < -0.4 is 10.3 Å². The topological polar surface area (TPSA) is 97.2 Å². The van der Waals surface area contributed by atoms with E-state index in [2.05, 4.69) is 0 Å². The summed E-state index contributed by atoms with van der Waals surface area (Å²) in [5, 5.41) is 16.4. The van der Waals surface area contributed by atoms with Crippen LogP contribution in [-0.4, -0.2) is 14.6 Å². The molecule has 3 N–H and O–H groups in total. The average molecular weight is 200 g/mol. The molecule has 0 aliphatic carbocycles. The fourth-order valence-corrected chi connectivity index (χ4v) is 1.34. The van der Waals surface area contributed by atoms with Gasteiger partial charge in [0, 0.05) is 5.56 Å². The zero-order valence-electron chi connectivity index (χ0n) is 6.60. The van der Waals surface area contributed by atoms with Crippen molar-refractivity contribution >= 4 is 16.2 Å². The van der Waals surface area contributed by atoms with E-state index in [0.717, 1.165) is 0 Å². The lowest BCUT2D eigenvalue weighted by Gasteiger charge is -1.96. The van der Waals surface area contributed by atoms with Gasteiger partial charge in [-0.25, -0.2) is 18.7 Å². The lowest BCUT2D eigenvalue weighted by Crippen LogP contribution is -2.60. The van der Waals surface area contributed by atoms with Crippen LogP contribution in [0.4, 0.5) is 0 Å². The molecule has 0 bridgehead atoms. The summed E-state index contributed by atoms with van der Waals surface area (Å²) >= 11 is 0. The maximum Gasteiger partial charge on any atom is 0.238 e. The zero-order chi connectivity index (χ0) is 9.90. The average Bonchev–Trinajstić information content (AvgIpc) is 2.04. The summed E-state index contributed by atoms with van der Waals surface area (Å²) in [5.41, 5.74) is 0.586. The van der Waals surface area contributed by atoms with Crippen molar-refractivity contribution in [3.63, 3.8) is 0 Å². The van der Waals surface area contributed by atoms with E-state index in [0.29, 0.717) is 5.56 Å². The van der Waals surface area contributed by atoms with Gasteiger partial charge >= 0.3 is 0 Å². The van der Waals surface area contributed by atoms with Crippen molar-refractivity contribution in [2.45, 2.75) is 4.90 Å². The number of rotatable bonds is 2. The molecule has 0 saturated carbocycles. The van der Waals surface area contributed by atoms with Gasteiger partial charge in [-0.15, -0.1) is 0 Å². The molecular weight excluding hydrogens is 192 g/mol. The van der Waals surface area contributed by atoms with Crippen LogP contribution in [-0.2, 0) is 10.0 Å². The predicted octanol–water partition coefficient (Wildman–Crippen LogP) is -1.67. The van der Waals surface area contributed by atoms with Gasteiger partial charge in [-0.05, 0) is 24.3 Å². The lowest BCUT2D eigenvalue weighted by molar-refractivity contribution is -0.366. The van der Waals surface area contributed by atoms with Crippen molar-refractivity contribution < 1.29 is 13.6 Å². The number of sulfonamides is 1. The van der Waals surface area contributed by atoms with Crippen LogP contribution in [0.1, 0.15) is 5.56 Å². The standard InChI is InChI=1S/C7H8N2O3S/c8-13(11,12)7-3-1-6(2-4-7)5-9-10/h1-5,9H,(H2-,8,10,11,12). The van der Waals surface area contributed by atoms with Gasteiger partial charge in [-0.2, -0.15) is 0 Å². The van der Waals surface area contributed by atoms with E-state index in [1.807, 2.05) is 0 Å². The summed E-state index contributed by atoms with van der Waals surface area (Å²) in [7, 11) is -3.65. The first-order valence-corrected chi connectivity index (χ1v) is 4.92. The summed E-state index contributed by atoms with van der Waals surface area (Å²) < 4.78 is 21.6. The van der Waals surface area contributed by atoms with Crippen molar-refractivity contribution in [1.29, 1.82) is 0 Å². The van der Waals surface area contributed by atoms with Gasteiger partial charge in [-0.3, -0.25) is 0 Å². The van der Waals surface area contributed by atoms with E-state index >= 15 is 0 Å². The number of benzene rings is 1. The number of primary sulfonamides is 1. The molecule has 0 aromatic heterocycles. The largest absolute Gasteiger partial charge is 0.625 e. The van der Waals surface area contributed by atoms with E-state index < -0.39 is 10.0 Å². The Morgan fingerprint density at radius 3 is 2.23 bits per heavy atom. The Morgan fingerprint density at radius 2 is 1.85 bits per heavy atom. The van der Waals surface area contributed by atoms with Crippen molar-refractivity contribution in [3.05, 3.63) is 35.0 Å². The van der Waals surface area contributed by atoms with Crippen LogP contribution in [0.2, 0.25) is 0 Å². The summed E-state index contributed by atoms with van der Waals surface area (Å²) in [5.74, 6) is 0. The third-order valence-electron chi connectivity index (χ3n) is 1.43. The first-order valence-electron chi connectivity index (χ1n) is 3.38. The third-order valence-corrected chi connectivity index (χ3v) is 2.36. The van der Waals surface area contributed by atoms with E-state index in [9.17, 15) is 13.6 Å². The van der Waals surface area contributed by atoms with Gasteiger partial charge in [0.15, 0.2) is 6.21 Å². The molecule has 13 heavy (non-hydrogen) atoms. The van der Waals surface area contributed by atoms with Gasteiger partial charge in [0.2, 0.25) is 10.0 Å². The molecule has 0 unspecified atom stereocenters. The molecule has 0 spiro atoms. The molecule has 1 aromatic carbocycles. The van der Waals surface area contributed by atoms with Crippen LogP contribution in [0, 0.1) is 5.21 Å². The van der Waals surface area contributed by atoms with Crippen LogP contribution in [0.5, 0.6) is 0 Å². The highest BCUT2D eigenvalue weighted by Crippen LogP contribution is 2.06. The number of nitrogens with one attached hydrogen (secondary N) is 1. The molecule has 6 heteroatoms. The van der Waals surface area contributed by atoms with Crippen molar-refractivity contribution in [2.75, 3.05) is 0 Å². The summed E-state index contributed by atoms with van der Waals surface area (Å²) in [6.45, 7) is 0. The van der Waals surface area contributed by atoms with Gasteiger partial charge in [0.1, 0.15) is 0 Å². The van der Waals surface area contributed by atoms with Gasteiger partial charge < -0.3 is 5.21 Å². The molecule has 5 nitrogen and oxygen atoms in total. The Morgan fingerprint density at radius 1 is 1.31 bits per heavy atom. The molecule has 1 aromatic rings. The second-order valence-corrected chi connectivity index (χ2v) is 3.94. The van der Waals surface area contributed by atoms with Gasteiger partial charge in [-0.1, -0.05) is 0 Å². The smallest absolute Gasteiger partial charge is 0.238 e. The van der Waals surface area contributed by atoms with Crippen molar-refractivity contribution in [3.8, 4) is 0 Å². The maximum absolute atomic E-state index is 10.8. The molecule has 0 amide bonds.